The largest absolute Gasteiger partial charge is 0.310 e. The van der Waals surface area contributed by atoms with Crippen LogP contribution < -0.4 is 4.90 Å². The molecule has 1 atom stereocenters. The summed E-state index contributed by atoms with van der Waals surface area (Å²) in [5, 5.41) is 10.4. The molecule has 2 aliphatic rings. The number of para-hydroxylation sites is 1. The van der Waals surface area contributed by atoms with E-state index in [-0.39, 0.29) is 0 Å². The van der Waals surface area contributed by atoms with Gasteiger partial charge in [-0.05, 0) is 84.9 Å². The minimum Gasteiger partial charge on any atom is -0.310 e. The molecule has 0 saturated heterocycles. The quantitative estimate of drug-likeness (QED) is 0.200. The van der Waals surface area contributed by atoms with E-state index in [1.54, 1.807) is 0 Å². The molecular formula is C40H27NS. The lowest BCUT2D eigenvalue weighted by atomic mass is 9.88. The van der Waals surface area contributed by atoms with E-state index in [4.69, 9.17) is 0 Å². The number of allylic oxidation sites excluding steroid dienone is 4. The molecule has 0 saturated carbocycles. The van der Waals surface area contributed by atoms with Gasteiger partial charge >= 0.3 is 0 Å². The lowest BCUT2D eigenvalue weighted by molar-refractivity contribution is 0.846. The Morgan fingerprint density at radius 2 is 1.29 bits per heavy atom. The molecule has 0 bridgehead atoms. The molecule has 42 heavy (non-hydrogen) atoms. The first kappa shape index (κ1) is 23.9. The normalized spacial score (nSPS) is 15.7. The number of thioether (sulfide) groups is 1. The van der Waals surface area contributed by atoms with Crippen LogP contribution in [0.3, 0.4) is 0 Å². The number of benzene rings is 7. The number of rotatable bonds is 3. The Morgan fingerprint density at radius 1 is 0.571 bits per heavy atom. The van der Waals surface area contributed by atoms with Crippen molar-refractivity contribution in [2.45, 2.75) is 17.2 Å². The van der Waals surface area contributed by atoms with Crippen molar-refractivity contribution < 1.29 is 0 Å². The third kappa shape index (κ3) is 3.59. The first-order chi connectivity index (χ1) is 20.8. The van der Waals surface area contributed by atoms with Crippen LogP contribution in [-0.2, 0) is 0 Å². The van der Waals surface area contributed by atoms with Gasteiger partial charge in [0.05, 0.1) is 5.69 Å². The maximum absolute atomic E-state index is 2.45. The van der Waals surface area contributed by atoms with Gasteiger partial charge in [-0.25, -0.2) is 0 Å². The molecule has 0 aromatic heterocycles. The Labute approximate surface area is 249 Å². The minimum atomic E-state index is 0.461. The zero-order chi connectivity index (χ0) is 27.6. The smallest absolute Gasteiger partial charge is 0.0551 e. The molecule has 0 amide bonds. The third-order valence-corrected chi connectivity index (χ3v) is 10.2. The van der Waals surface area contributed by atoms with Gasteiger partial charge in [0.2, 0.25) is 0 Å². The monoisotopic (exact) mass is 553 g/mol. The second kappa shape index (κ2) is 9.37. The van der Waals surface area contributed by atoms with Crippen LogP contribution in [0, 0.1) is 0 Å². The van der Waals surface area contributed by atoms with Crippen molar-refractivity contribution >= 4 is 71.9 Å². The van der Waals surface area contributed by atoms with Gasteiger partial charge in [0.15, 0.2) is 0 Å². The highest BCUT2D eigenvalue weighted by Crippen LogP contribution is 2.56. The summed E-state index contributed by atoms with van der Waals surface area (Å²) in [6.45, 7) is 0. The number of hydrogen-bond acceptors (Lipinski definition) is 2. The van der Waals surface area contributed by atoms with Crippen LogP contribution >= 0.6 is 11.8 Å². The van der Waals surface area contributed by atoms with Crippen molar-refractivity contribution in [2.75, 3.05) is 4.90 Å². The van der Waals surface area contributed by atoms with Gasteiger partial charge in [-0.2, -0.15) is 0 Å². The summed E-state index contributed by atoms with van der Waals surface area (Å²) < 4.78 is 0. The van der Waals surface area contributed by atoms with Crippen LogP contribution in [0.1, 0.15) is 17.9 Å². The van der Waals surface area contributed by atoms with Gasteiger partial charge < -0.3 is 4.90 Å². The average molecular weight is 554 g/mol. The van der Waals surface area contributed by atoms with Crippen LogP contribution in [0.4, 0.5) is 17.1 Å². The summed E-state index contributed by atoms with van der Waals surface area (Å²) in [6.07, 6.45) is 7.90. The first-order valence-electron chi connectivity index (χ1n) is 14.6. The Hall–Kier alpha value is -4.79. The molecule has 0 fully saturated rings. The maximum Gasteiger partial charge on any atom is 0.0551 e. The van der Waals surface area contributed by atoms with Gasteiger partial charge in [-0.15, -0.1) is 0 Å². The standard InChI is InChI=1S/C40H27NS/c1-2-11-29(12-3-1)41(36-25-38-40(34-15-7-6-14-33(34)36)35-16-8-9-17-37(35)42-38)30-22-23-32-28(24-30)21-20-27-19-18-26-10-4-5-13-31(26)39(27)32/h1-15,17-25,35H,16H2. The van der Waals surface area contributed by atoms with Gasteiger partial charge in [0, 0.05) is 27.6 Å². The van der Waals surface area contributed by atoms with Gasteiger partial charge in [0.25, 0.3) is 0 Å². The summed E-state index contributed by atoms with van der Waals surface area (Å²) in [7, 11) is 0. The summed E-state index contributed by atoms with van der Waals surface area (Å²) in [5.74, 6) is 0.461. The first-order valence-corrected chi connectivity index (χ1v) is 15.4. The Balaban J connectivity index is 1.30. The van der Waals surface area contributed by atoms with Crippen LogP contribution in [-0.4, -0.2) is 0 Å². The number of hydrogen-bond donors (Lipinski definition) is 0. The Bertz CT molecular complexity index is 2260. The van der Waals surface area contributed by atoms with Crippen LogP contribution in [0.15, 0.2) is 155 Å². The molecule has 0 spiro atoms. The highest BCUT2D eigenvalue weighted by Gasteiger charge is 2.32. The fourth-order valence-electron chi connectivity index (χ4n) is 7.05. The van der Waals surface area contributed by atoms with Gasteiger partial charge in [0.1, 0.15) is 0 Å². The molecule has 9 rings (SSSR count). The lowest BCUT2D eigenvalue weighted by Gasteiger charge is -2.28. The summed E-state index contributed by atoms with van der Waals surface area (Å²) in [5.41, 5.74) is 5.04. The fraction of sp³-hybridized carbons (Fsp3) is 0.0500. The number of nitrogens with zero attached hydrogens (tertiary/aromatic N) is 1. The Kier molecular flexibility index (Phi) is 5.33. The van der Waals surface area contributed by atoms with E-state index in [1.165, 1.54) is 69.8 Å². The van der Waals surface area contributed by atoms with Crippen molar-refractivity contribution in [3.05, 3.63) is 156 Å². The Morgan fingerprint density at radius 3 is 2.17 bits per heavy atom. The van der Waals surface area contributed by atoms with Gasteiger partial charge in [-0.3, -0.25) is 0 Å². The van der Waals surface area contributed by atoms with Crippen molar-refractivity contribution in [1.82, 2.24) is 0 Å². The molecule has 1 aliphatic carbocycles. The zero-order valence-corrected chi connectivity index (χ0v) is 23.8. The zero-order valence-electron chi connectivity index (χ0n) is 23.0. The second-order valence-corrected chi connectivity index (χ2v) is 12.4. The molecular weight excluding hydrogens is 527 g/mol. The van der Waals surface area contributed by atoms with E-state index >= 15 is 0 Å². The highest BCUT2D eigenvalue weighted by molar-refractivity contribution is 8.03. The number of fused-ring (bicyclic) bond motifs is 10. The third-order valence-electron chi connectivity index (χ3n) is 8.94. The molecule has 7 aromatic rings. The molecule has 7 aromatic carbocycles. The molecule has 1 aliphatic heterocycles. The van der Waals surface area contributed by atoms with E-state index in [0.717, 1.165) is 12.1 Å². The van der Waals surface area contributed by atoms with E-state index in [9.17, 15) is 0 Å². The van der Waals surface area contributed by atoms with E-state index < -0.39 is 0 Å². The van der Waals surface area contributed by atoms with E-state index in [1.807, 2.05) is 11.8 Å². The number of anilines is 3. The predicted octanol–water partition coefficient (Wildman–Crippen LogP) is 11.8. The fourth-order valence-corrected chi connectivity index (χ4v) is 8.34. The summed E-state index contributed by atoms with van der Waals surface area (Å²) in [6, 6.07) is 47.0. The lowest BCUT2D eigenvalue weighted by Crippen LogP contribution is -2.11. The summed E-state index contributed by atoms with van der Waals surface area (Å²) in [4.78, 5) is 5.29. The molecule has 0 radical (unpaired) electrons. The molecule has 1 unspecified atom stereocenters. The molecule has 2 heteroatoms. The van der Waals surface area contributed by atoms with Crippen LogP contribution in [0.2, 0.25) is 0 Å². The molecule has 1 nitrogen and oxygen atoms in total. The average Bonchev–Trinajstić information content (AvgIpc) is 3.44. The minimum absolute atomic E-state index is 0.461. The van der Waals surface area contributed by atoms with E-state index in [0.29, 0.717) is 5.92 Å². The maximum atomic E-state index is 2.45. The SMILES string of the molecule is C1=CCC2C(=C1)Sc1cc(N(c3ccccc3)c3ccc4c(ccc5ccc6ccccc6c54)c3)c3ccccc3c12. The molecule has 0 N–H and O–H groups in total. The van der Waals surface area contributed by atoms with Gasteiger partial charge in [-0.1, -0.05) is 127 Å². The highest BCUT2D eigenvalue weighted by atomic mass is 32.2. The predicted molar refractivity (Wildman–Crippen MR) is 182 cm³/mol. The van der Waals surface area contributed by atoms with Crippen molar-refractivity contribution in [3.63, 3.8) is 0 Å². The van der Waals surface area contributed by atoms with Crippen molar-refractivity contribution in [2.24, 2.45) is 0 Å². The molecule has 198 valence electrons. The van der Waals surface area contributed by atoms with Crippen LogP contribution in [0.5, 0.6) is 0 Å². The summed E-state index contributed by atoms with van der Waals surface area (Å²) >= 11 is 1.95. The van der Waals surface area contributed by atoms with Crippen LogP contribution in [0.25, 0.3) is 43.1 Å². The van der Waals surface area contributed by atoms with E-state index in [2.05, 4.69) is 151 Å². The topological polar surface area (TPSA) is 3.24 Å². The second-order valence-electron chi connectivity index (χ2n) is 11.3. The van der Waals surface area contributed by atoms with Crippen molar-refractivity contribution in [1.29, 1.82) is 0 Å². The molecule has 1 heterocycles. The van der Waals surface area contributed by atoms with Crippen molar-refractivity contribution in [3.8, 4) is 0 Å².